The second-order valence-corrected chi connectivity index (χ2v) is 7.94. The summed E-state index contributed by atoms with van der Waals surface area (Å²) in [4.78, 5) is 12.0. The summed E-state index contributed by atoms with van der Waals surface area (Å²) in [6, 6.07) is 8.60. The summed E-state index contributed by atoms with van der Waals surface area (Å²) in [6.45, 7) is 0. The van der Waals surface area contributed by atoms with Crippen LogP contribution in [0.2, 0.25) is 0 Å². The molecule has 0 radical (unpaired) electrons. The highest BCUT2D eigenvalue weighted by Gasteiger charge is 2.33. The first-order chi connectivity index (χ1) is 9.89. The van der Waals surface area contributed by atoms with Crippen molar-refractivity contribution in [1.29, 1.82) is 5.26 Å². The van der Waals surface area contributed by atoms with Gasteiger partial charge in [0.1, 0.15) is 23.1 Å². The molecule has 0 aliphatic carbocycles. The Labute approximate surface area is 132 Å². The number of nitrogens with one attached hydrogen (secondary N) is 1. The number of benzene rings is 1. The minimum Gasteiger partial charge on any atom is -0.615 e. The van der Waals surface area contributed by atoms with E-state index in [0.29, 0.717) is 6.42 Å². The summed E-state index contributed by atoms with van der Waals surface area (Å²) in [5.41, 5.74) is 0.686. The molecular weight excluding hydrogens is 356 g/mol. The molecule has 1 aliphatic heterocycles. The normalized spacial score (nSPS) is 25.4. The van der Waals surface area contributed by atoms with Crippen LogP contribution in [0.1, 0.15) is 12.0 Å². The molecule has 1 saturated heterocycles. The van der Waals surface area contributed by atoms with Crippen molar-refractivity contribution in [3.8, 4) is 6.07 Å². The molecule has 1 aromatic carbocycles. The topological polar surface area (TPSA) is 93.0 Å². The van der Waals surface area contributed by atoms with E-state index in [0.717, 1.165) is 10.0 Å². The van der Waals surface area contributed by atoms with Crippen LogP contribution in [0.15, 0.2) is 34.3 Å². The standard InChI is InChI=1S/C14H13BrN2O3S/c15-12-3-1-10(2-4-12)7-11(8-16)14(18)17-13-5-6-21(19,20)9-13/h1-4,7,13H,5-6,9H2,(H-,17,18,19,20)/b11-7-. The van der Waals surface area contributed by atoms with Gasteiger partial charge in [-0.25, -0.2) is 0 Å². The summed E-state index contributed by atoms with van der Waals surface area (Å²) in [5, 5.41) is 11.7. The second kappa shape index (κ2) is 6.52. The van der Waals surface area contributed by atoms with E-state index in [1.54, 1.807) is 12.1 Å². The van der Waals surface area contributed by atoms with E-state index in [1.165, 1.54) is 6.08 Å². The number of hydrogen-bond donors (Lipinski definition) is 1. The van der Waals surface area contributed by atoms with Crippen LogP contribution in [0.25, 0.3) is 6.08 Å². The van der Waals surface area contributed by atoms with Crippen molar-refractivity contribution in [2.45, 2.75) is 12.5 Å². The molecule has 1 aromatic rings. The third kappa shape index (κ3) is 4.49. The third-order valence-corrected chi connectivity index (χ3v) is 5.41. The molecule has 110 valence electrons. The largest absolute Gasteiger partial charge is 0.615 e. The highest BCUT2D eigenvalue weighted by molar-refractivity contribution is 9.10. The van der Waals surface area contributed by atoms with Crippen molar-refractivity contribution >= 4 is 38.1 Å². The fraction of sp³-hybridized carbons (Fsp3) is 0.286. The van der Waals surface area contributed by atoms with Gasteiger partial charge >= 0.3 is 0 Å². The van der Waals surface area contributed by atoms with Crippen molar-refractivity contribution in [1.82, 2.24) is 5.32 Å². The molecule has 0 aromatic heterocycles. The Hall–Kier alpha value is -1.49. The highest BCUT2D eigenvalue weighted by Crippen LogP contribution is 2.17. The average Bonchev–Trinajstić information content (AvgIpc) is 2.77. The first-order valence-electron chi connectivity index (χ1n) is 6.28. The lowest BCUT2D eigenvalue weighted by atomic mass is 10.1. The maximum atomic E-state index is 12.0. The highest BCUT2D eigenvalue weighted by atomic mass is 79.9. The van der Waals surface area contributed by atoms with E-state index in [4.69, 9.17) is 5.26 Å². The van der Waals surface area contributed by atoms with Crippen molar-refractivity contribution in [3.05, 3.63) is 39.9 Å². The summed E-state index contributed by atoms with van der Waals surface area (Å²) in [5.74, 6) is -0.520. The van der Waals surface area contributed by atoms with Crippen LogP contribution in [0.5, 0.6) is 0 Å². The van der Waals surface area contributed by atoms with Crippen LogP contribution < -0.4 is 5.32 Å². The molecule has 1 aliphatic rings. The Morgan fingerprint density at radius 2 is 2.14 bits per heavy atom. The predicted octanol–water partition coefficient (Wildman–Crippen LogP) is 1.87. The first-order valence-corrected chi connectivity index (χ1v) is 8.90. The number of nitriles is 1. The number of carbonyl (C=O) groups is 1. The van der Waals surface area contributed by atoms with Gasteiger partial charge in [-0.3, -0.25) is 4.79 Å². The van der Waals surface area contributed by atoms with Gasteiger partial charge < -0.3 is 9.87 Å². The molecule has 0 saturated carbocycles. The number of sulfone groups is 1. The Balaban J connectivity index is 2.07. The molecule has 0 spiro atoms. The lowest BCUT2D eigenvalue weighted by molar-refractivity contribution is -0.117. The van der Waals surface area contributed by atoms with E-state index < -0.39 is 22.2 Å². The van der Waals surface area contributed by atoms with Gasteiger partial charge in [0.25, 0.3) is 5.91 Å². The van der Waals surface area contributed by atoms with Gasteiger partial charge in [-0.15, -0.1) is 4.21 Å². The Bertz CT molecular complexity index is 664. The van der Waals surface area contributed by atoms with Crippen LogP contribution in [-0.2, 0) is 19.2 Å². The van der Waals surface area contributed by atoms with Crippen molar-refractivity contribution in [2.75, 3.05) is 11.5 Å². The van der Waals surface area contributed by atoms with Crippen LogP contribution in [0.4, 0.5) is 0 Å². The van der Waals surface area contributed by atoms with E-state index in [2.05, 4.69) is 21.2 Å². The number of amides is 1. The molecule has 2 unspecified atom stereocenters. The van der Waals surface area contributed by atoms with Crippen LogP contribution in [0, 0.1) is 11.3 Å². The quantitative estimate of drug-likeness (QED) is 0.500. The monoisotopic (exact) mass is 368 g/mol. The Morgan fingerprint density at radius 3 is 2.67 bits per heavy atom. The molecule has 1 N–H and O–H groups in total. The summed E-state index contributed by atoms with van der Waals surface area (Å²) < 4.78 is 23.6. The molecule has 2 atom stereocenters. The smallest absolute Gasteiger partial charge is 0.262 e. The van der Waals surface area contributed by atoms with Gasteiger partial charge in [0.15, 0.2) is 0 Å². The minimum atomic E-state index is -3.06. The van der Waals surface area contributed by atoms with E-state index in [9.17, 15) is 13.6 Å². The van der Waals surface area contributed by atoms with E-state index in [1.807, 2.05) is 18.2 Å². The Kier molecular flexibility index (Phi) is 4.93. The van der Waals surface area contributed by atoms with Gasteiger partial charge in [0, 0.05) is 21.1 Å². The zero-order chi connectivity index (χ0) is 15.5. The first kappa shape index (κ1) is 15.9. The van der Waals surface area contributed by atoms with Gasteiger partial charge in [-0.2, -0.15) is 5.26 Å². The Morgan fingerprint density at radius 1 is 1.48 bits per heavy atom. The maximum Gasteiger partial charge on any atom is 0.262 e. The molecule has 0 bridgehead atoms. The maximum absolute atomic E-state index is 12.0. The summed E-state index contributed by atoms with van der Waals surface area (Å²) in [6.07, 6.45) is 1.87. The van der Waals surface area contributed by atoms with Crippen LogP contribution >= 0.6 is 15.9 Å². The second-order valence-electron chi connectivity index (χ2n) is 4.79. The zero-order valence-electron chi connectivity index (χ0n) is 11.0. The fourth-order valence-corrected chi connectivity index (χ4v) is 3.98. The number of carbonyl (C=O) groups excluding carboxylic acids is 1. The zero-order valence-corrected chi connectivity index (χ0v) is 13.4. The van der Waals surface area contributed by atoms with E-state index >= 15 is 0 Å². The van der Waals surface area contributed by atoms with Crippen LogP contribution in [-0.4, -0.2) is 28.0 Å². The van der Waals surface area contributed by atoms with Gasteiger partial charge in [0.2, 0.25) is 0 Å². The van der Waals surface area contributed by atoms with Gasteiger partial charge in [-0.05, 0) is 23.8 Å². The van der Waals surface area contributed by atoms with Crippen molar-refractivity contribution in [2.24, 2.45) is 0 Å². The molecule has 21 heavy (non-hydrogen) atoms. The molecule has 2 rings (SSSR count). The van der Waals surface area contributed by atoms with Crippen molar-refractivity contribution < 1.29 is 13.6 Å². The average molecular weight is 369 g/mol. The number of halogens is 1. The molecule has 1 amide bonds. The SMILES string of the molecule is N#C/C(=C/c1ccc(Br)cc1)C(=O)NC1CC[S+](=O)([O-])C1. The van der Waals surface area contributed by atoms with Crippen LogP contribution in [0.3, 0.4) is 0 Å². The number of rotatable bonds is 3. The molecular formula is C14H13BrN2O3S. The van der Waals surface area contributed by atoms with Gasteiger partial charge in [0.05, 0.1) is 6.04 Å². The molecule has 7 heteroatoms. The van der Waals surface area contributed by atoms with Crippen molar-refractivity contribution in [3.63, 3.8) is 0 Å². The number of nitrogens with zero attached hydrogens (tertiary/aromatic N) is 1. The lowest BCUT2D eigenvalue weighted by Gasteiger charge is -2.10. The third-order valence-electron chi connectivity index (χ3n) is 3.11. The minimum absolute atomic E-state index is 0.0402. The molecule has 1 heterocycles. The number of hydrogen-bond acceptors (Lipinski definition) is 4. The van der Waals surface area contributed by atoms with E-state index in [-0.39, 0.29) is 17.1 Å². The van der Waals surface area contributed by atoms with Gasteiger partial charge in [-0.1, -0.05) is 28.1 Å². The predicted molar refractivity (Wildman–Crippen MR) is 82.8 cm³/mol. The fourth-order valence-electron chi connectivity index (χ4n) is 2.05. The summed E-state index contributed by atoms with van der Waals surface area (Å²) >= 11 is 3.30. The molecule has 5 nitrogen and oxygen atoms in total. The summed E-state index contributed by atoms with van der Waals surface area (Å²) in [7, 11) is -3.06. The molecule has 1 fully saturated rings. The lowest BCUT2D eigenvalue weighted by Crippen LogP contribution is -2.36.